The summed E-state index contributed by atoms with van der Waals surface area (Å²) in [6.45, 7) is 0.707. The predicted molar refractivity (Wildman–Crippen MR) is 66.2 cm³/mol. The molecule has 1 aromatic heterocycles. The maximum absolute atomic E-state index is 10.9. The van der Waals surface area contributed by atoms with Gasteiger partial charge >= 0.3 is 5.69 Å². The van der Waals surface area contributed by atoms with E-state index < -0.39 is 15.5 Å². The van der Waals surface area contributed by atoms with Crippen molar-refractivity contribution < 1.29 is 19.2 Å². The van der Waals surface area contributed by atoms with Crippen LogP contribution in [0.1, 0.15) is 0 Å². The van der Waals surface area contributed by atoms with Gasteiger partial charge in [-0.3, -0.25) is 25.2 Å². The van der Waals surface area contributed by atoms with Gasteiger partial charge in [-0.15, -0.1) is 0 Å². The SMILES string of the molecule is O=[N+]([O-])c1ccc(OCC[n+]2cc[nH]c2)c([N+](=O)[O-])c1. The van der Waals surface area contributed by atoms with Crippen molar-refractivity contribution in [2.45, 2.75) is 6.54 Å². The van der Waals surface area contributed by atoms with Gasteiger partial charge in [0.05, 0.1) is 15.9 Å². The Hall–Kier alpha value is -2.97. The van der Waals surface area contributed by atoms with E-state index in [0.29, 0.717) is 6.54 Å². The second-order valence-electron chi connectivity index (χ2n) is 3.86. The topological polar surface area (TPSA) is 115 Å². The zero-order valence-electron chi connectivity index (χ0n) is 10.3. The highest BCUT2D eigenvalue weighted by Crippen LogP contribution is 2.30. The lowest BCUT2D eigenvalue weighted by Crippen LogP contribution is -2.33. The van der Waals surface area contributed by atoms with Gasteiger partial charge in [-0.1, -0.05) is 0 Å². The van der Waals surface area contributed by atoms with Gasteiger partial charge in [0, 0.05) is 6.07 Å². The molecule has 0 radical (unpaired) electrons. The van der Waals surface area contributed by atoms with Crippen LogP contribution >= 0.6 is 0 Å². The third-order valence-corrected chi connectivity index (χ3v) is 2.56. The van der Waals surface area contributed by atoms with Gasteiger partial charge in [0.2, 0.25) is 6.33 Å². The van der Waals surface area contributed by atoms with Crippen LogP contribution < -0.4 is 9.30 Å². The van der Waals surface area contributed by atoms with E-state index in [4.69, 9.17) is 4.74 Å². The van der Waals surface area contributed by atoms with Crippen LogP contribution in [0.4, 0.5) is 11.4 Å². The molecule has 0 saturated heterocycles. The maximum atomic E-state index is 10.9. The minimum absolute atomic E-state index is 0.0109. The zero-order valence-corrected chi connectivity index (χ0v) is 10.3. The number of rotatable bonds is 6. The van der Waals surface area contributed by atoms with E-state index in [9.17, 15) is 20.2 Å². The van der Waals surface area contributed by atoms with E-state index >= 15 is 0 Å². The number of ether oxygens (including phenoxy) is 1. The maximum Gasteiger partial charge on any atom is 0.317 e. The quantitative estimate of drug-likeness (QED) is 0.484. The van der Waals surface area contributed by atoms with Gasteiger partial charge in [0.15, 0.2) is 5.75 Å². The Balaban J connectivity index is 2.10. The van der Waals surface area contributed by atoms with Crippen molar-refractivity contribution in [3.8, 4) is 5.75 Å². The van der Waals surface area contributed by atoms with Crippen LogP contribution in [-0.2, 0) is 6.54 Å². The van der Waals surface area contributed by atoms with Crippen molar-refractivity contribution in [2.24, 2.45) is 0 Å². The summed E-state index contributed by atoms with van der Waals surface area (Å²) in [6.07, 6.45) is 5.23. The molecule has 0 atom stereocenters. The van der Waals surface area contributed by atoms with Crippen LogP contribution in [0.5, 0.6) is 5.75 Å². The highest BCUT2D eigenvalue weighted by molar-refractivity contribution is 5.53. The Morgan fingerprint density at radius 1 is 1.25 bits per heavy atom. The third kappa shape index (κ3) is 3.07. The lowest BCUT2D eigenvalue weighted by Gasteiger charge is -2.05. The minimum Gasteiger partial charge on any atom is -0.483 e. The van der Waals surface area contributed by atoms with E-state index in [1.165, 1.54) is 12.1 Å². The highest BCUT2D eigenvalue weighted by atomic mass is 16.6. The Labute approximate surface area is 112 Å². The molecule has 2 aromatic rings. The van der Waals surface area contributed by atoms with Gasteiger partial charge in [-0.05, 0) is 6.07 Å². The summed E-state index contributed by atoms with van der Waals surface area (Å²) in [7, 11) is 0. The molecule has 1 N–H and O–H groups in total. The van der Waals surface area contributed by atoms with Crippen LogP contribution in [0.3, 0.4) is 0 Å². The number of H-pyrrole nitrogens is 1. The first-order valence-corrected chi connectivity index (χ1v) is 5.65. The van der Waals surface area contributed by atoms with Crippen LogP contribution in [0.15, 0.2) is 36.9 Å². The first-order chi connectivity index (χ1) is 9.58. The van der Waals surface area contributed by atoms with Crippen LogP contribution in [0.2, 0.25) is 0 Å². The number of nitrogens with zero attached hydrogens (tertiary/aromatic N) is 3. The number of hydrogen-bond donors (Lipinski definition) is 1. The fraction of sp³-hybridized carbons (Fsp3) is 0.182. The Kier molecular flexibility index (Phi) is 3.89. The van der Waals surface area contributed by atoms with Gasteiger partial charge in [0.25, 0.3) is 5.69 Å². The first-order valence-electron chi connectivity index (χ1n) is 5.65. The van der Waals surface area contributed by atoms with Crippen molar-refractivity contribution >= 4 is 11.4 Å². The number of nitrogens with one attached hydrogen (secondary N) is 1. The molecule has 0 fully saturated rings. The number of imidazole rings is 1. The van der Waals surface area contributed by atoms with Gasteiger partial charge < -0.3 is 4.74 Å². The summed E-state index contributed by atoms with van der Waals surface area (Å²) in [5.74, 6) is 0.0109. The zero-order chi connectivity index (χ0) is 14.5. The number of benzene rings is 1. The molecule has 0 aliphatic rings. The fourth-order valence-corrected chi connectivity index (χ4v) is 1.60. The van der Waals surface area contributed by atoms with Crippen molar-refractivity contribution in [3.05, 3.63) is 57.1 Å². The van der Waals surface area contributed by atoms with E-state index in [1.807, 2.05) is 0 Å². The summed E-state index contributed by atoms with van der Waals surface area (Å²) in [5, 5.41) is 21.5. The molecule has 0 aliphatic heterocycles. The summed E-state index contributed by atoms with van der Waals surface area (Å²) in [4.78, 5) is 22.9. The number of hydrogen-bond acceptors (Lipinski definition) is 5. The lowest BCUT2D eigenvalue weighted by molar-refractivity contribution is -0.696. The summed E-state index contributed by atoms with van der Waals surface area (Å²) in [5.41, 5.74) is -0.762. The molecule has 0 aliphatic carbocycles. The molecule has 0 amide bonds. The van der Waals surface area contributed by atoms with Gasteiger partial charge in [-0.2, -0.15) is 0 Å². The third-order valence-electron chi connectivity index (χ3n) is 2.56. The predicted octanol–water partition coefficient (Wildman–Crippen LogP) is 1.20. The molecule has 2 rings (SSSR count). The molecule has 0 saturated carbocycles. The van der Waals surface area contributed by atoms with Crippen molar-refractivity contribution in [1.82, 2.24) is 4.98 Å². The average Bonchev–Trinajstić information content (AvgIpc) is 2.91. The summed E-state index contributed by atoms with van der Waals surface area (Å²) < 4.78 is 7.11. The number of nitro groups is 2. The van der Waals surface area contributed by atoms with E-state index in [1.54, 1.807) is 23.3 Å². The molecule has 0 unspecified atom stereocenters. The van der Waals surface area contributed by atoms with Crippen LogP contribution in [0, 0.1) is 20.2 Å². The summed E-state index contributed by atoms with van der Waals surface area (Å²) in [6, 6.07) is 3.29. The van der Waals surface area contributed by atoms with Crippen LogP contribution in [-0.4, -0.2) is 21.4 Å². The molecule has 1 heterocycles. The van der Waals surface area contributed by atoms with Gasteiger partial charge in [-0.25, -0.2) is 4.57 Å². The Morgan fingerprint density at radius 3 is 2.65 bits per heavy atom. The Bertz CT molecular complexity index is 626. The number of aromatic nitrogens is 2. The van der Waals surface area contributed by atoms with E-state index in [-0.39, 0.29) is 18.0 Å². The first kappa shape index (κ1) is 13.5. The molecule has 0 spiro atoms. The highest BCUT2D eigenvalue weighted by Gasteiger charge is 2.20. The van der Waals surface area contributed by atoms with Crippen LogP contribution in [0.25, 0.3) is 0 Å². The molecule has 9 nitrogen and oxygen atoms in total. The smallest absolute Gasteiger partial charge is 0.317 e. The monoisotopic (exact) mass is 279 g/mol. The largest absolute Gasteiger partial charge is 0.483 e. The average molecular weight is 279 g/mol. The van der Waals surface area contributed by atoms with E-state index in [2.05, 4.69) is 4.98 Å². The van der Waals surface area contributed by atoms with Gasteiger partial charge in [0.1, 0.15) is 25.5 Å². The fourth-order valence-electron chi connectivity index (χ4n) is 1.60. The number of aromatic amines is 1. The molecule has 104 valence electrons. The number of nitro benzene ring substituents is 2. The second kappa shape index (κ2) is 5.78. The van der Waals surface area contributed by atoms with Crippen molar-refractivity contribution in [1.29, 1.82) is 0 Å². The molecule has 0 bridgehead atoms. The number of non-ortho nitro benzene ring substituents is 1. The molecule has 20 heavy (non-hydrogen) atoms. The minimum atomic E-state index is -0.703. The summed E-state index contributed by atoms with van der Waals surface area (Å²) >= 11 is 0. The molecular formula is C11H11N4O5+. The molecular weight excluding hydrogens is 268 g/mol. The lowest BCUT2D eigenvalue weighted by atomic mass is 10.2. The molecule has 9 heteroatoms. The second-order valence-corrected chi connectivity index (χ2v) is 3.86. The standard InChI is InChI=1S/C11H10N4O5/c16-14(17)9-1-2-11(10(7-9)15(18)19)20-6-5-13-4-3-12-8-13/h1-4,7-8H,5-6H2/p+1. The Morgan fingerprint density at radius 2 is 2.05 bits per heavy atom. The van der Waals surface area contributed by atoms with Crippen molar-refractivity contribution in [2.75, 3.05) is 6.61 Å². The van der Waals surface area contributed by atoms with E-state index in [0.717, 1.165) is 6.07 Å². The molecule has 1 aromatic carbocycles. The van der Waals surface area contributed by atoms with Crippen molar-refractivity contribution in [3.63, 3.8) is 0 Å². The normalized spacial score (nSPS) is 10.2.